The highest BCUT2D eigenvalue weighted by molar-refractivity contribution is 9.09. The molecule has 0 aliphatic rings. The largest absolute Gasteiger partial charge is 0.312 e. The van der Waals surface area contributed by atoms with Gasteiger partial charge >= 0.3 is 0 Å². The Hall–Kier alpha value is -0.410. The van der Waals surface area contributed by atoms with Crippen LogP contribution in [0, 0.1) is 0 Å². The van der Waals surface area contributed by atoms with Crippen LogP contribution in [0.25, 0.3) is 0 Å². The lowest BCUT2D eigenvalue weighted by Crippen LogP contribution is -2.20. The van der Waals surface area contributed by atoms with E-state index in [4.69, 9.17) is 0 Å². The van der Waals surface area contributed by atoms with Crippen molar-refractivity contribution in [1.82, 2.24) is 5.32 Å². The maximum atomic E-state index is 10.9. The molecule has 0 fully saturated rings. The van der Waals surface area contributed by atoms with Gasteiger partial charge in [-0.1, -0.05) is 34.2 Å². The van der Waals surface area contributed by atoms with Gasteiger partial charge < -0.3 is 5.32 Å². The van der Waals surface area contributed by atoms with Crippen LogP contribution >= 0.6 is 15.9 Å². The number of halogens is 1. The smallest absolute Gasteiger partial charge is 0.144 e. The van der Waals surface area contributed by atoms with E-state index >= 15 is 0 Å². The van der Waals surface area contributed by atoms with Gasteiger partial charge in [0, 0.05) is 19.5 Å². The second-order valence-corrected chi connectivity index (χ2v) is 3.52. The van der Waals surface area contributed by atoms with Gasteiger partial charge in [0.2, 0.25) is 0 Å². The van der Waals surface area contributed by atoms with Crippen molar-refractivity contribution in [2.75, 3.05) is 18.4 Å². The molecule has 0 saturated heterocycles. The Labute approximate surface area is 94.6 Å². The molecular weight excluding hydrogens is 242 g/mol. The van der Waals surface area contributed by atoms with Crippen molar-refractivity contribution in [2.24, 2.45) is 0 Å². The van der Waals surface area contributed by atoms with Gasteiger partial charge in [-0.15, -0.1) is 0 Å². The average molecular weight is 260 g/mol. The summed E-state index contributed by atoms with van der Waals surface area (Å²) in [4.78, 5) is 10.9. The topological polar surface area (TPSA) is 29.1 Å². The third kappa shape index (κ3) is 7.04. The normalized spacial score (nSPS) is 12.4. The minimum absolute atomic E-state index is 0.241. The van der Waals surface area contributed by atoms with Crippen molar-refractivity contribution >= 4 is 21.7 Å². The second-order valence-electron chi connectivity index (χ2n) is 2.96. The Kier molecular flexibility index (Phi) is 8.89. The number of alkyl halides is 1. The summed E-state index contributed by atoms with van der Waals surface area (Å²) in [6.07, 6.45) is 6.75. The van der Waals surface area contributed by atoms with Gasteiger partial charge in [-0.25, -0.2) is 0 Å². The Balaban J connectivity index is 3.58. The summed E-state index contributed by atoms with van der Waals surface area (Å²) in [5.41, 5.74) is 1.25. The minimum atomic E-state index is 0.241. The van der Waals surface area contributed by atoms with E-state index in [2.05, 4.69) is 33.4 Å². The number of Topliss-reactive ketones (excluding diaryl/α,β-unsaturated/α-hetero) is 1. The average Bonchev–Trinajstić information content (AvgIpc) is 2.22. The molecule has 0 atom stereocenters. The fourth-order valence-electron chi connectivity index (χ4n) is 0.999. The van der Waals surface area contributed by atoms with E-state index in [-0.39, 0.29) is 5.78 Å². The summed E-state index contributed by atoms with van der Waals surface area (Å²) in [5.74, 6) is 0.241. The number of carbonyl (C=O) groups is 1. The molecule has 0 aromatic rings. The Morgan fingerprint density at radius 2 is 2.14 bits per heavy atom. The molecule has 0 saturated carbocycles. The Morgan fingerprint density at radius 3 is 2.64 bits per heavy atom. The Bertz CT molecular complexity index is 221. The third-order valence-corrected chi connectivity index (χ3v) is 2.44. The van der Waals surface area contributed by atoms with E-state index in [1.807, 2.05) is 19.9 Å². The quantitative estimate of drug-likeness (QED) is 0.433. The van der Waals surface area contributed by atoms with Gasteiger partial charge in [-0.2, -0.15) is 0 Å². The lowest BCUT2D eigenvalue weighted by Gasteiger charge is -2.03. The van der Waals surface area contributed by atoms with Crippen LogP contribution in [0.1, 0.15) is 20.3 Å². The maximum absolute atomic E-state index is 10.9. The van der Waals surface area contributed by atoms with Crippen LogP contribution in [0.5, 0.6) is 0 Å². The van der Waals surface area contributed by atoms with Gasteiger partial charge in [-0.05, 0) is 19.4 Å². The van der Waals surface area contributed by atoms with Crippen LogP contribution in [0.2, 0.25) is 0 Å². The zero-order valence-electron chi connectivity index (χ0n) is 8.85. The monoisotopic (exact) mass is 259 g/mol. The molecule has 0 spiro atoms. The molecule has 3 heteroatoms. The van der Waals surface area contributed by atoms with Crippen LogP contribution < -0.4 is 5.32 Å². The lowest BCUT2D eigenvalue weighted by molar-refractivity contribution is -0.116. The molecule has 0 aliphatic heterocycles. The maximum Gasteiger partial charge on any atom is 0.144 e. The summed E-state index contributed by atoms with van der Waals surface area (Å²) in [5, 5.41) is 3.68. The number of nitrogens with one attached hydrogen (secondary N) is 1. The molecule has 80 valence electrons. The van der Waals surface area contributed by atoms with Crippen LogP contribution in [0.4, 0.5) is 0 Å². The van der Waals surface area contributed by atoms with Gasteiger partial charge in [0.05, 0.1) is 5.33 Å². The van der Waals surface area contributed by atoms with Gasteiger partial charge in [0.25, 0.3) is 0 Å². The highest BCUT2D eigenvalue weighted by Crippen LogP contribution is 1.94. The molecule has 0 unspecified atom stereocenters. The van der Waals surface area contributed by atoms with E-state index in [1.54, 1.807) is 0 Å². The fraction of sp³-hybridized carbons (Fsp3) is 0.545. The van der Waals surface area contributed by atoms with Crippen LogP contribution in [-0.2, 0) is 4.79 Å². The number of carbonyl (C=O) groups excluding carboxylic acids is 1. The lowest BCUT2D eigenvalue weighted by atomic mass is 10.2. The molecule has 0 radical (unpaired) electrons. The van der Waals surface area contributed by atoms with Crippen molar-refractivity contribution in [1.29, 1.82) is 0 Å². The SMILES string of the molecule is CC=CC(=CC)CNCCC(=O)CBr. The molecule has 0 aromatic heterocycles. The van der Waals surface area contributed by atoms with Crippen LogP contribution in [-0.4, -0.2) is 24.2 Å². The van der Waals surface area contributed by atoms with Gasteiger partial charge in [0.15, 0.2) is 0 Å². The number of hydrogen-bond acceptors (Lipinski definition) is 2. The highest BCUT2D eigenvalue weighted by atomic mass is 79.9. The van der Waals surface area contributed by atoms with Crippen molar-refractivity contribution < 1.29 is 4.79 Å². The molecule has 0 bridgehead atoms. The molecule has 0 aromatic carbocycles. The number of rotatable bonds is 7. The molecule has 0 rings (SSSR count). The first kappa shape index (κ1) is 13.6. The van der Waals surface area contributed by atoms with E-state index in [9.17, 15) is 4.79 Å². The molecule has 0 heterocycles. The molecule has 1 N–H and O–H groups in total. The van der Waals surface area contributed by atoms with Crippen molar-refractivity contribution in [3.63, 3.8) is 0 Å². The molecule has 0 aliphatic carbocycles. The summed E-state index contributed by atoms with van der Waals surface area (Å²) in [6.45, 7) is 5.59. The number of hydrogen-bond donors (Lipinski definition) is 1. The zero-order chi connectivity index (χ0) is 10.8. The second kappa shape index (κ2) is 9.16. The first-order chi connectivity index (χ1) is 6.74. The predicted molar refractivity (Wildman–Crippen MR) is 64.9 cm³/mol. The highest BCUT2D eigenvalue weighted by Gasteiger charge is 1.97. The van der Waals surface area contributed by atoms with E-state index < -0.39 is 0 Å². The van der Waals surface area contributed by atoms with Gasteiger partial charge in [-0.3, -0.25) is 4.79 Å². The van der Waals surface area contributed by atoms with Crippen LogP contribution in [0.15, 0.2) is 23.8 Å². The van der Waals surface area contributed by atoms with Crippen LogP contribution in [0.3, 0.4) is 0 Å². The Morgan fingerprint density at radius 1 is 1.43 bits per heavy atom. The summed E-state index contributed by atoms with van der Waals surface area (Å²) < 4.78 is 0. The number of ketones is 1. The standard InChI is InChI=1S/C11H18BrNO/c1-3-5-10(4-2)9-13-7-6-11(14)8-12/h3-5,13H,6-9H2,1-2H3. The fourth-order valence-corrected chi connectivity index (χ4v) is 1.28. The van der Waals surface area contributed by atoms with Crippen molar-refractivity contribution in [2.45, 2.75) is 20.3 Å². The van der Waals surface area contributed by atoms with Crippen molar-refractivity contribution in [3.05, 3.63) is 23.8 Å². The molecule has 0 amide bonds. The summed E-state index contributed by atoms with van der Waals surface area (Å²) in [7, 11) is 0. The number of allylic oxidation sites excluding steroid dienone is 2. The van der Waals surface area contributed by atoms with Crippen molar-refractivity contribution in [3.8, 4) is 0 Å². The summed E-state index contributed by atoms with van der Waals surface area (Å²) >= 11 is 3.13. The molecular formula is C11H18BrNO. The molecule has 2 nitrogen and oxygen atoms in total. The van der Waals surface area contributed by atoms with E-state index in [1.165, 1.54) is 5.57 Å². The predicted octanol–water partition coefficient (Wildman–Crippen LogP) is 2.45. The zero-order valence-corrected chi connectivity index (χ0v) is 10.4. The van der Waals surface area contributed by atoms with E-state index in [0.717, 1.165) is 13.1 Å². The van der Waals surface area contributed by atoms with E-state index in [0.29, 0.717) is 11.8 Å². The third-order valence-electron chi connectivity index (χ3n) is 1.81. The minimum Gasteiger partial charge on any atom is -0.312 e. The summed E-state index contributed by atoms with van der Waals surface area (Å²) in [6, 6.07) is 0. The first-order valence-electron chi connectivity index (χ1n) is 4.80. The van der Waals surface area contributed by atoms with Gasteiger partial charge in [0.1, 0.15) is 5.78 Å². The molecule has 14 heavy (non-hydrogen) atoms. The first-order valence-corrected chi connectivity index (χ1v) is 5.93.